The molecule has 0 unspecified atom stereocenters. The monoisotopic (exact) mass is 133 g/mol. The van der Waals surface area contributed by atoms with Crippen molar-refractivity contribution in [3.05, 3.63) is 0 Å². The molecule has 4 amide bonds. The predicted octanol–water partition coefficient (Wildman–Crippen LogP) is -0.904. The summed E-state index contributed by atoms with van der Waals surface area (Å²) in [5.74, 6) is 0. The summed E-state index contributed by atoms with van der Waals surface area (Å²) < 4.78 is 0. The molecule has 0 fully saturated rings. The largest absolute Gasteiger partial charge is 0.351 e. The minimum absolute atomic E-state index is 0.528. The molecule has 0 radical (unpaired) electrons. The quantitative estimate of drug-likeness (QED) is 0.295. The van der Waals surface area contributed by atoms with Crippen LogP contribution in [0, 0.1) is 0 Å². The molecule has 0 saturated carbocycles. The Bertz CT molecular complexity index is 134. The van der Waals surface area contributed by atoms with Gasteiger partial charge in [-0.1, -0.05) is 0 Å². The number of urea groups is 2. The lowest BCUT2D eigenvalue weighted by Crippen LogP contribution is -2.42. The molecule has 6 nitrogen and oxygen atoms in total. The molecule has 0 aromatic rings. The van der Waals surface area contributed by atoms with Crippen LogP contribution in [0.25, 0.3) is 0 Å². The molecule has 0 bridgehead atoms. The summed E-state index contributed by atoms with van der Waals surface area (Å²) >= 11 is 0. The van der Waals surface area contributed by atoms with Gasteiger partial charge in [-0.3, -0.25) is 5.21 Å². The lowest BCUT2D eigenvalue weighted by atomic mass is 10.8. The Labute approximate surface area is 51.2 Å². The van der Waals surface area contributed by atoms with E-state index in [1.165, 1.54) is 5.48 Å². The molecule has 4 N–H and O–H groups in total. The van der Waals surface area contributed by atoms with Crippen LogP contribution in [0.5, 0.6) is 0 Å². The minimum atomic E-state index is -0.956. The number of nitrogens with two attached hydrogens (primary N) is 1. The van der Waals surface area contributed by atoms with E-state index < -0.39 is 12.1 Å². The summed E-state index contributed by atoms with van der Waals surface area (Å²) in [5, 5.41) is 7.91. The van der Waals surface area contributed by atoms with Crippen LogP contribution in [0.3, 0.4) is 0 Å². The van der Waals surface area contributed by atoms with E-state index >= 15 is 0 Å². The average molecular weight is 133 g/mol. The summed E-state index contributed by atoms with van der Waals surface area (Å²) in [5.41, 5.74) is 5.86. The molecule has 9 heavy (non-hydrogen) atoms. The Morgan fingerprint density at radius 2 is 2.11 bits per heavy atom. The second kappa shape index (κ2) is 2.88. The van der Waals surface area contributed by atoms with E-state index in [0.29, 0.717) is 4.90 Å². The first-order chi connectivity index (χ1) is 4.09. The van der Waals surface area contributed by atoms with Gasteiger partial charge < -0.3 is 5.73 Å². The van der Waals surface area contributed by atoms with Gasteiger partial charge in [0.25, 0.3) is 0 Å². The van der Waals surface area contributed by atoms with Crippen LogP contribution < -0.4 is 11.2 Å². The number of hydrogen-bond acceptors (Lipinski definition) is 3. The maximum Gasteiger partial charge on any atom is 0.348 e. The van der Waals surface area contributed by atoms with Crippen molar-refractivity contribution in [2.45, 2.75) is 0 Å². The van der Waals surface area contributed by atoms with Gasteiger partial charge in [-0.05, 0) is 0 Å². The number of carbonyl (C=O) groups is 2. The van der Waals surface area contributed by atoms with Crippen LogP contribution in [-0.4, -0.2) is 29.2 Å². The average Bonchev–Trinajstić information content (AvgIpc) is 1.84. The number of amides is 4. The van der Waals surface area contributed by atoms with Crippen LogP contribution in [0.1, 0.15) is 0 Å². The third-order valence-corrected chi connectivity index (χ3v) is 0.731. The normalized spacial score (nSPS) is 8.22. The first-order valence-corrected chi connectivity index (χ1v) is 2.06. The predicted molar refractivity (Wildman–Crippen MR) is 27.7 cm³/mol. The van der Waals surface area contributed by atoms with E-state index in [4.69, 9.17) is 5.21 Å². The van der Waals surface area contributed by atoms with Gasteiger partial charge in [0, 0.05) is 7.05 Å². The topological polar surface area (TPSA) is 95.7 Å². The molecule has 0 saturated heterocycles. The molecule has 0 aliphatic carbocycles. The van der Waals surface area contributed by atoms with Crippen LogP contribution >= 0.6 is 0 Å². The number of carbonyl (C=O) groups excluding carboxylic acids is 2. The van der Waals surface area contributed by atoms with Crippen molar-refractivity contribution in [3.8, 4) is 0 Å². The molecule has 0 spiro atoms. The SMILES string of the molecule is CN(C(N)=O)C(=O)NO. The Kier molecular flexibility index (Phi) is 2.46. The second-order valence-corrected chi connectivity index (χ2v) is 1.31. The Morgan fingerprint density at radius 1 is 1.67 bits per heavy atom. The first-order valence-electron chi connectivity index (χ1n) is 2.06. The summed E-state index contributed by atoms with van der Waals surface area (Å²) in [6.07, 6.45) is 0. The van der Waals surface area contributed by atoms with Crippen LogP contribution in [0.2, 0.25) is 0 Å². The van der Waals surface area contributed by atoms with E-state index in [-0.39, 0.29) is 0 Å². The second-order valence-electron chi connectivity index (χ2n) is 1.31. The third kappa shape index (κ3) is 1.96. The van der Waals surface area contributed by atoms with Crippen molar-refractivity contribution < 1.29 is 14.8 Å². The molecule has 0 aliphatic rings. The Morgan fingerprint density at radius 3 is 2.22 bits per heavy atom. The highest BCUT2D eigenvalue weighted by molar-refractivity contribution is 5.91. The summed E-state index contributed by atoms with van der Waals surface area (Å²) in [4.78, 5) is 20.8. The van der Waals surface area contributed by atoms with Gasteiger partial charge in [0.05, 0.1) is 0 Å². The molecule has 0 aromatic carbocycles. The smallest absolute Gasteiger partial charge is 0.348 e. The van der Waals surface area contributed by atoms with E-state index in [1.54, 1.807) is 0 Å². The maximum atomic E-state index is 10.2. The fourth-order valence-electron chi connectivity index (χ4n) is 0.175. The number of imide groups is 1. The van der Waals surface area contributed by atoms with E-state index in [1.807, 2.05) is 0 Å². The molecule has 0 heterocycles. The van der Waals surface area contributed by atoms with Crippen LogP contribution in [0.4, 0.5) is 9.59 Å². The van der Waals surface area contributed by atoms with Crippen LogP contribution in [-0.2, 0) is 0 Å². The van der Waals surface area contributed by atoms with Gasteiger partial charge in [-0.2, -0.15) is 0 Å². The van der Waals surface area contributed by atoms with Gasteiger partial charge >= 0.3 is 12.1 Å². The zero-order valence-electron chi connectivity index (χ0n) is 4.79. The molecule has 6 heteroatoms. The standard InChI is InChI=1S/C3H7N3O3/c1-6(2(4)7)3(8)5-9/h9H,1H3,(H2,4,7)(H,5,8). The molecule has 0 aromatic heterocycles. The molecule has 0 aliphatic heterocycles. The van der Waals surface area contributed by atoms with Crippen molar-refractivity contribution in [2.24, 2.45) is 5.73 Å². The maximum absolute atomic E-state index is 10.2. The number of hydrogen-bond donors (Lipinski definition) is 3. The zero-order valence-corrected chi connectivity index (χ0v) is 4.79. The number of nitrogens with one attached hydrogen (secondary N) is 1. The number of hydroxylamine groups is 1. The first kappa shape index (κ1) is 7.70. The molecular weight excluding hydrogens is 126 g/mol. The molecule has 52 valence electrons. The van der Waals surface area contributed by atoms with Crippen LogP contribution in [0.15, 0.2) is 0 Å². The summed E-state index contributed by atoms with van der Waals surface area (Å²) in [7, 11) is 1.13. The van der Waals surface area contributed by atoms with E-state index in [9.17, 15) is 9.59 Å². The van der Waals surface area contributed by atoms with Gasteiger partial charge in [0.1, 0.15) is 0 Å². The van der Waals surface area contributed by atoms with Crippen molar-refractivity contribution in [1.82, 2.24) is 10.4 Å². The van der Waals surface area contributed by atoms with Crippen molar-refractivity contribution >= 4 is 12.1 Å². The third-order valence-electron chi connectivity index (χ3n) is 0.731. The number of primary amides is 1. The fourth-order valence-corrected chi connectivity index (χ4v) is 0.175. The van der Waals surface area contributed by atoms with Gasteiger partial charge in [0.2, 0.25) is 0 Å². The van der Waals surface area contributed by atoms with Crippen molar-refractivity contribution in [2.75, 3.05) is 7.05 Å². The van der Waals surface area contributed by atoms with Gasteiger partial charge in [-0.15, -0.1) is 0 Å². The summed E-state index contributed by atoms with van der Waals surface area (Å²) in [6, 6.07) is -1.89. The van der Waals surface area contributed by atoms with Gasteiger partial charge in [0.15, 0.2) is 0 Å². The van der Waals surface area contributed by atoms with E-state index in [2.05, 4.69) is 5.73 Å². The van der Waals surface area contributed by atoms with Crippen molar-refractivity contribution in [3.63, 3.8) is 0 Å². The van der Waals surface area contributed by atoms with Gasteiger partial charge in [-0.25, -0.2) is 20.0 Å². The summed E-state index contributed by atoms with van der Waals surface area (Å²) in [6.45, 7) is 0. The lowest BCUT2D eigenvalue weighted by Gasteiger charge is -2.08. The number of nitrogens with zero attached hydrogens (tertiary/aromatic N) is 1. The zero-order chi connectivity index (χ0) is 7.44. The van der Waals surface area contributed by atoms with Crippen molar-refractivity contribution in [1.29, 1.82) is 0 Å². The molecule has 0 rings (SSSR count). The number of rotatable bonds is 0. The molecular formula is C3H7N3O3. The Hall–Kier alpha value is -1.30. The highest BCUT2D eigenvalue weighted by Gasteiger charge is 2.10. The molecule has 0 atom stereocenters. The highest BCUT2D eigenvalue weighted by atomic mass is 16.5. The van der Waals surface area contributed by atoms with E-state index in [0.717, 1.165) is 7.05 Å². The minimum Gasteiger partial charge on any atom is -0.351 e. The lowest BCUT2D eigenvalue weighted by molar-refractivity contribution is 0.140. The fraction of sp³-hybridized carbons (Fsp3) is 0.333. The Balaban J connectivity index is 3.88. The highest BCUT2D eigenvalue weighted by Crippen LogP contribution is 1.79.